The molecule has 1 aromatic carbocycles. The summed E-state index contributed by atoms with van der Waals surface area (Å²) >= 11 is 1.77. The predicted molar refractivity (Wildman–Crippen MR) is 103 cm³/mol. The smallest absolute Gasteiger partial charge is 0.272 e. The van der Waals surface area contributed by atoms with E-state index in [2.05, 4.69) is 5.32 Å². The Morgan fingerprint density at radius 1 is 1.27 bits per heavy atom. The molecule has 136 valence electrons. The van der Waals surface area contributed by atoms with Crippen LogP contribution in [0, 0.1) is 22.5 Å². The number of allylic oxidation sites excluding steroid dienone is 4. The molecule has 2 aliphatic heterocycles. The fraction of sp³-hybridized carbons (Fsp3) is 0.450. The first kappa shape index (κ1) is 17.3. The maximum Gasteiger partial charge on any atom is 0.272 e. The second-order valence-corrected chi connectivity index (χ2v) is 9.04. The second-order valence-electron chi connectivity index (χ2n) is 7.91. The average molecular weight is 370 g/mol. The first-order valence-corrected chi connectivity index (χ1v) is 9.94. The number of dihydropyridines is 1. The van der Waals surface area contributed by atoms with Crippen LogP contribution in [0.4, 0.5) is 5.69 Å². The van der Waals surface area contributed by atoms with Crippen molar-refractivity contribution in [2.24, 2.45) is 5.41 Å². The number of hydrogen-bond donors (Lipinski definition) is 1. The van der Waals surface area contributed by atoms with Crippen molar-refractivity contribution in [2.45, 2.75) is 46.0 Å². The first-order valence-electron chi connectivity index (χ1n) is 8.95. The van der Waals surface area contributed by atoms with Gasteiger partial charge in [0.25, 0.3) is 5.69 Å². The van der Waals surface area contributed by atoms with Gasteiger partial charge in [-0.05, 0) is 31.7 Å². The van der Waals surface area contributed by atoms with E-state index in [1.54, 1.807) is 30.8 Å². The summed E-state index contributed by atoms with van der Waals surface area (Å²) in [5, 5.41) is 14.9. The number of rotatable bonds is 2. The van der Waals surface area contributed by atoms with Gasteiger partial charge in [-0.2, -0.15) is 0 Å². The van der Waals surface area contributed by atoms with Gasteiger partial charge in [-0.1, -0.05) is 26.0 Å². The molecule has 0 saturated carbocycles. The van der Waals surface area contributed by atoms with Gasteiger partial charge < -0.3 is 5.32 Å². The van der Waals surface area contributed by atoms with Crippen LogP contribution < -0.4 is 5.32 Å². The summed E-state index contributed by atoms with van der Waals surface area (Å²) in [7, 11) is 0. The van der Waals surface area contributed by atoms with Crippen molar-refractivity contribution in [3.63, 3.8) is 0 Å². The standard InChI is InChI=1S/C20H22N2O3S/c1-11-4-5-12(10-15(11)22(24)25)16-17-13(6-8-20(2,3)19(17)23)21-14-7-9-26-18(14)16/h4-5,10,16,21H,6-9H2,1-3H3. The van der Waals surface area contributed by atoms with E-state index in [0.717, 1.165) is 46.8 Å². The zero-order chi connectivity index (χ0) is 18.6. The Balaban J connectivity index is 1.89. The van der Waals surface area contributed by atoms with Gasteiger partial charge in [0.2, 0.25) is 0 Å². The Bertz CT molecular complexity index is 898. The summed E-state index contributed by atoms with van der Waals surface area (Å²) in [5.41, 5.74) is 4.24. The molecule has 1 atom stereocenters. The molecule has 0 saturated heterocycles. The van der Waals surface area contributed by atoms with Crippen LogP contribution in [0.25, 0.3) is 0 Å². The molecule has 6 heteroatoms. The van der Waals surface area contributed by atoms with E-state index >= 15 is 0 Å². The van der Waals surface area contributed by atoms with Crippen molar-refractivity contribution < 1.29 is 9.72 Å². The molecule has 1 aliphatic carbocycles. The highest BCUT2D eigenvalue weighted by Gasteiger charge is 2.44. The van der Waals surface area contributed by atoms with E-state index in [1.807, 2.05) is 19.9 Å². The number of hydrogen-bond acceptors (Lipinski definition) is 5. The summed E-state index contributed by atoms with van der Waals surface area (Å²) < 4.78 is 0. The van der Waals surface area contributed by atoms with Crippen molar-refractivity contribution in [2.75, 3.05) is 5.75 Å². The molecule has 0 bridgehead atoms. The number of nitrogens with one attached hydrogen (secondary N) is 1. The first-order chi connectivity index (χ1) is 12.3. The highest BCUT2D eigenvalue weighted by atomic mass is 32.2. The van der Waals surface area contributed by atoms with Crippen LogP contribution in [0.2, 0.25) is 0 Å². The number of carbonyl (C=O) groups excluding carboxylic acids is 1. The van der Waals surface area contributed by atoms with Gasteiger partial charge in [0.1, 0.15) is 0 Å². The number of Topliss-reactive ketones (excluding diaryl/α,β-unsaturated/α-hetero) is 1. The number of thioether (sulfide) groups is 1. The van der Waals surface area contributed by atoms with Gasteiger partial charge in [0.15, 0.2) is 5.78 Å². The van der Waals surface area contributed by atoms with Gasteiger partial charge in [0.05, 0.1) is 4.92 Å². The Labute approximate surface area is 157 Å². The minimum Gasteiger partial charge on any atom is -0.361 e. The number of nitro groups is 1. The minimum absolute atomic E-state index is 0.121. The number of benzene rings is 1. The average Bonchev–Trinajstić information content (AvgIpc) is 3.05. The molecule has 26 heavy (non-hydrogen) atoms. The molecule has 0 aromatic heterocycles. The maximum absolute atomic E-state index is 13.3. The van der Waals surface area contributed by atoms with Crippen LogP contribution in [0.3, 0.4) is 0 Å². The summed E-state index contributed by atoms with van der Waals surface area (Å²) in [6.45, 7) is 5.75. The molecule has 0 fully saturated rings. The number of carbonyl (C=O) groups is 1. The molecule has 5 nitrogen and oxygen atoms in total. The topological polar surface area (TPSA) is 72.2 Å². The molecule has 1 aromatic rings. The van der Waals surface area contributed by atoms with E-state index in [9.17, 15) is 14.9 Å². The number of ketones is 1. The monoisotopic (exact) mass is 370 g/mol. The Kier molecular flexibility index (Phi) is 3.99. The molecular weight excluding hydrogens is 348 g/mol. The summed E-state index contributed by atoms with van der Waals surface area (Å²) in [5.74, 6) is 0.971. The Morgan fingerprint density at radius 2 is 2.04 bits per heavy atom. The third kappa shape index (κ3) is 2.58. The third-order valence-electron chi connectivity index (χ3n) is 5.71. The molecule has 1 N–H and O–H groups in total. The molecule has 0 spiro atoms. The molecule has 1 unspecified atom stereocenters. The van der Waals surface area contributed by atoms with Crippen molar-refractivity contribution in [1.82, 2.24) is 5.32 Å². The molecule has 3 aliphatic rings. The van der Waals surface area contributed by atoms with Gasteiger partial charge in [-0.25, -0.2) is 0 Å². The number of nitro benzene ring substituents is 1. The maximum atomic E-state index is 13.3. The lowest BCUT2D eigenvalue weighted by atomic mass is 9.69. The van der Waals surface area contributed by atoms with Crippen molar-refractivity contribution >= 4 is 23.2 Å². The van der Waals surface area contributed by atoms with Crippen LogP contribution in [0.1, 0.15) is 50.2 Å². The Morgan fingerprint density at radius 3 is 2.77 bits per heavy atom. The number of nitrogens with zero attached hydrogens (tertiary/aromatic N) is 1. The van der Waals surface area contributed by atoms with E-state index in [-0.39, 0.29) is 22.3 Å². The predicted octanol–water partition coefficient (Wildman–Crippen LogP) is 4.58. The molecule has 4 rings (SSSR count). The minimum atomic E-state index is -0.392. The van der Waals surface area contributed by atoms with Crippen LogP contribution in [0.15, 0.2) is 40.1 Å². The molecule has 2 heterocycles. The van der Waals surface area contributed by atoms with Crippen LogP contribution in [-0.2, 0) is 4.79 Å². The summed E-state index contributed by atoms with van der Waals surface area (Å²) in [6, 6.07) is 5.41. The lowest BCUT2D eigenvalue weighted by molar-refractivity contribution is -0.385. The number of aryl methyl sites for hydroxylation is 1. The van der Waals surface area contributed by atoms with Gasteiger partial charge in [-0.3, -0.25) is 14.9 Å². The van der Waals surface area contributed by atoms with Crippen LogP contribution in [0.5, 0.6) is 0 Å². The van der Waals surface area contributed by atoms with E-state index in [4.69, 9.17) is 0 Å². The largest absolute Gasteiger partial charge is 0.361 e. The SMILES string of the molecule is Cc1ccc(C2C3=C(CCS3)NC3=C2C(=O)C(C)(C)CC3)cc1[N+](=O)[O-]. The van der Waals surface area contributed by atoms with Crippen LogP contribution >= 0.6 is 11.8 Å². The quantitative estimate of drug-likeness (QED) is 0.609. The van der Waals surface area contributed by atoms with Crippen LogP contribution in [-0.4, -0.2) is 16.5 Å². The van der Waals surface area contributed by atoms with Crippen molar-refractivity contribution in [1.29, 1.82) is 0 Å². The highest BCUT2D eigenvalue weighted by molar-refractivity contribution is 8.03. The zero-order valence-corrected chi connectivity index (χ0v) is 16.0. The second kappa shape index (κ2) is 5.98. The van der Waals surface area contributed by atoms with E-state index < -0.39 is 5.41 Å². The lowest BCUT2D eigenvalue weighted by Crippen LogP contribution is -2.38. The lowest BCUT2D eigenvalue weighted by Gasteiger charge is -2.39. The Hall–Kier alpha value is -2.08. The van der Waals surface area contributed by atoms with E-state index in [0.29, 0.717) is 5.56 Å². The van der Waals surface area contributed by atoms with Gasteiger partial charge in [-0.15, -0.1) is 11.8 Å². The van der Waals surface area contributed by atoms with E-state index in [1.165, 1.54) is 5.70 Å². The molecule has 0 amide bonds. The molecule has 0 radical (unpaired) electrons. The highest BCUT2D eigenvalue weighted by Crippen LogP contribution is 2.52. The normalized spacial score (nSPS) is 24.3. The fourth-order valence-electron chi connectivity index (χ4n) is 4.11. The van der Waals surface area contributed by atoms with Crippen molar-refractivity contribution in [3.8, 4) is 0 Å². The van der Waals surface area contributed by atoms with Gasteiger partial charge in [0, 0.05) is 50.6 Å². The molecular formula is C20H22N2O3S. The summed E-state index contributed by atoms with van der Waals surface area (Å²) in [4.78, 5) is 25.5. The summed E-state index contributed by atoms with van der Waals surface area (Å²) in [6.07, 6.45) is 2.63. The third-order valence-corrected chi connectivity index (χ3v) is 6.91. The van der Waals surface area contributed by atoms with Gasteiger partial charge >= 0.3 is 0 Å². The van der Waals surface area contributed by atoms with Crippen molar-refractivity contribution in [3.05, 3.63) is 61.3 Å². The fourth-order valence-corrected chi connectivity index (χ4v) is 5.39. The zero-order valence-electron chi connectivity index (χ0n) is 15.2.